The third kappa shape index (κ3) is 4.21. The minimum absolute atomic E-state index is 0.0604. The molecule has 3 unspecified atom stereocenters. The smallest absolute Gasteiger partial charge is 0.0500 e. The van der Waals surface area contributed by atoms with Gasteiger partial charge < -0.3 is 10.6 Å². The number of benzene rings is 3. The molecule has 0 radical (unpaired) electrons. The van der Waals surface area contributed by atoms with Crippen molar-refractivity contribution in [1.29, 1.82) is 0 Å². The highest BCUT2D eigenvalue weighted by atomic mass is 35.5. The summed E-state index contributed by atoms with van der Waals surface area (Å²) in [6.07, 6.45) is 0. The number of hydrogen-bond donors (Lipinski definition) is 2. The molecule has 0 aromatic heterocycles. The van der Waals surface area contributed by atoms with Crippen LogP contribution in [0, 0.1) is 19.8 Å². The fourth-order valence-electron chi connectivity index (χ4n) is 4.21. The maximum absolute atomic E-state index is 6.68. The second kappa shape index (κ2) is 8.37. The molecule has 1 fully saturated rings. The summed E-state index contributed by atoms with van der Waals surface area (Å²) in [5.41, 5.74) is 8.83. The minimum atomic E-state index is 0.0604. The zero-order valence-electron chi connectivity index (χ0n) is 17.5. The zero-order valence-corrected chi connectivity index (χ0v) is 19.0. The van der Waals surface area contributed by atoms with Crippen molar-refractivity contribution in [2.24, 2.45) is 5.92 Å². The highest BCUT2D eigenvalue weighted by Crippen LogP contribution is 2.55. The molecule has 154 valence electrons. The maximum Gasteiger partial charge on any atom is 0.0500 e. The minimum Gasteiger partial charge on any atom is -0.388 e. The molecule has 1 aliphatic carbocycles. The van der Waals surface area contributed by atoms with Gasteiger partial charge >= 0.3 is 0 Å². The first-order valence-electron chi connectivity index (χ1n) is 10.1. The van der Waals surface area contributed by atoms with Gasteiger partial charge in [-0.25, -0.2) is 0 Å². The van der Waals surface area contributed by atoms with E-state index in [2.05, 4.69) is 67.5 Å². The van der Waals surface area contributed by atoms with E-state index in [1.165, 1.54) is 16.7 Å². The molecule has 3 aromatic rings. The summed E-state index contributed by atoms with van der Waals surface area (Å²) in [7, 11) is 1.91. The van der Waals surface area contributed by atoms with Crippen LogP contribution in [-0.2, 0) is 0 Å². The Kier molecular flexibility index (Phi) is 5.81. The van der Waals surface area contributed by atoms with Gasteiger partial charge in [-0.1, -0.05) is 59.6 Å². The Balaban J connectivity index is 1.54. The Morgan fingerprint density at radius 1 is 0.933 bits per heavy atom. The molecule has 3 atom stereocenters. The first-order chi connectivity index (χ1) is 14.4. The van der Waals surface area contributed by atoms with Crippen molar-refractivity contribution in [3.05, 3.63) is 94.7 Å². The lowest BCUT2D eigenvalue weighted by Crippen LogP contribution is -2.02. The average molecular weight is 437 g/mol. The van der Waals surface area contributed by atoms with E-state index in [9.17, 15) is 0 Å². The van der Waals surface area contributed by atoms with Gasteiger partial charge in [0.25, 0.3) is 0 Å². The molecule has 1 aliphatic rings. The quantitative estimate of drug-likeness (QED) is 0.388. The zero-order chi connectivity index (χ0) is 21.4. The van der Waals surface area contributed by atoms with Crippen molar-refractivity contribution in [3.63, 3.8) is 0 Å². The van der Waals surface area contributed by atoms with Crippen LogP contribution in [-0.4, -0.2) is 12.4 Å². The lowest BCUT2D eigenvalue weighted by Gasteiger charge is -2.13. The summed E-state index contributed by atoms with van der Waals surface area (Å²) < 4.78 is 0. The summed E-state index contributed by atoms with van der Waals surface area (Å²) in [4.78, 5) is 0. The molecule has 0 bridgehead atoms. The van der Waals surface area contributed by atoms with Gasteiger partial charge in [-0.3, -0.25) is 0 Å². The summed E-state index contributed by atoms with van der Waals surface area (Å²) in [5.74, 6) is 0.504. The molecule has 2 nitrogen and oxygen atoms in total. The van der Waals surface area contributed by atoms with Gasteiger partial charge in [0.2, 0.25) is 0 Å². The maximum atomic E-state index is 6.68. The first-order valence-corrected chi connectivity index (χ1v) is 10.9. The number of allylic oxidation sites excluding steroid dienone is 1. The first kappa shape index (κ1) is 20.8. The van der Waals surface area contributed by atoms with Crippen LogP contribution in [0.3, 0.4) is 0 Å². The molecule has 0 saturated heterocycles. The Hall–Kier alpha value is -2.42. The topological polar surface area (TPSA) is 24.1 Å². The Labute approximate surface area is 188 Å². The number of rotatable bonds is 6. The SMILES string of the molecule is C=C(Nc1ccc(Cl)c(-c2cccc(NC)c2)c1)C1C(Cl)C1c1cc(C)cc(C)c1. The number of halogens is 2. The standard InChI is InChI=1S/C26H26Cl2N2/c1-15-10-16(2)12-19(11-15)25-24(26(25)28)17(3)30-21-8-9-23(27)22(14-21)18-6-5-7-20(13-18)29-4/h5-14,24-26,29-30H,3H2,1-2,4H3. The predicted octanol–water partition coefficient (Wildman–Crippen LogP) is 7.61. The van der Waals surface area contributed by atoms with Crippen molar-refractivity contribution in [2.75, 3.05) is 17.7 Å². The number of nitrogens with one attached hydrogen (secondary N) is 2. The van der Waals surface area contributed by atoms with E-state index in [1.807, 2.05) is 31.3 Å². The van der Waals surface area contributed by atoms with Crippen LogP contribution in [0.5, 0.6) is 0 Å². The van der Waals surface area contributed by atoms with Gasteiger partial charge in [-0.15, -0.1) is 11.6 Å². The normalized spacial score (nSPS) is 20.0. The molecule has 3 aromatic carbocycles. The summed E-state index contributed by atoms with van der Waals surface area (Å²) in [6.45, 7) is 8.55. The van der Waals surface area contributed by atoms with Crippen LogP contribution in [0.2, 0.25) is 5.02 Å². The van der Waals surface area contributed by atoms with E-state index in [4.69, 9.17) is 23.2 Å². The second-order valence-corrected chi connectivity index (χ2v) is 9.00. The van der Waals surface area contributed by atoms with Gasteiger partial charge in [0.1, 0.15) is 0 Å². The molecule has 0 spiro atoms. The van der Waals surface area contributed by atoms with E-state index in [-0.39, 0.29) is 11.3 Å². The number of aryl methyl sites for hydroxylation is 2. The molecule has 1 saturated carbocycles. The second-order valence-electron chi connectivity index (χ2n) is 8.09. The van der Waals surface area contributed by atoms with Crippen LogP contribution in [0.25, 0.3) is 11.1 Å². The fourth-order valence-corrected chi connectivity index (χ4v) is 4.97. The van der Waals surface area contributed by atoms with E-state index >= 15 is 0 Å². The third-order valence-electron chi connectivity index (χ3n) is 5.70. The highest BCUT2D eigenvalue weighted by Gasteiger charge is 2.51. The number of alkyl halides is 1. The van der Waals surface area contributed by atoms with E-state index in [1.54, 1.807) is 0 Å². The molecule has 2 N–H and O–H groups in total. The van der Waals surface area contributed by atoms with Crippen molar-refractivity contribution >= 4 is 34.6 Å². The van der Waals surface area contributed by atoms with Gasteiger partial charge in [0.05, 0.1) is 5.38 Å². The largest absolute Gasteiger partial charge is 0.388 e. The Morgan fingerprint density at radius 3 is 2.37 bits per heavy atom. The molecule has 30 heavy (non-hydrogen) atoms. The Morgan fingerprint density at radius 2 is 1.67 bits per heavy atom. The van der Waals surface area contributed by atoms with Gasteiger partial charge in [0, 0.05) is 46.5 Å². The van der Waals surface area contributed by atoms with Crippen molar-refractivity contribution < 1.29 is 0 Å². The van der Waals surface area contributed by atoms with E-state index < -0.39 is 0 Å². The van der Waals surface area contributed by atoms with E-state index in [0.29, 0.717) is 10.9 Å². The fraction of sp³-hybridized carbons (Fsp3) is 0.231. The molecular formula is C26H26Cl2N2. The summed E-state index contributed by atoms with van der Waals surface area (Å²) >= 11 is 13.2. The molecular weight excluding hydrogens is 411 g/mol. The molecule has 4 heteroatoms. The monoisotopic (exact) mass is 436 g/mol. The molecule has 0 amide bonds. The van der Waals surface area contributed by atoms with Crippen molar-refractivity contribution in [1.82, 2.24) is 0 Å². The lowest BCUT2D eigenvalue weighted by molar-refractivity contribution is 0.947. The third-order valence-corrected chi connectivity index (χ3v) is 6.57. The predicted molar refractivity (Wildman–Crippen MR) is 131 cm³/mol. The lowest BCUT2D eigenvalue weighted by atomic mass is 10.0. The highest BCUT2D eigenvalue weighted by molar-refractivity contribution is 6.33. The van der Waals surface area contributed by atoms with Crippen LogP contribution < -0.4 is 10.6 Å². The molecule has 4 rings (SSSR count). The van der Waals surface area contributed by atoms with Gasteiger partial charge in [0.15, 0.2) is 0 Å². The van der Waals surface area contributed by atoms with Crippen molar-refractivity contribution in [3.8, 4) is 11.1 Å². The molecule has 0 aliphatic heterocycles. The summed E-state index contributed by atoms with van der Waals surface area (Å²) in [6, 6.07) is 20.8. The Bertz CT molecular complexity index is 1090. The van der Waals surface area contributed by atoms with Crippen molar-refractivity contribution in [2.45, 2.75) is 25.1 Å². The van der Waals surface area contributed by atoms with Gasteiger partial charge in [-0.2, -0.15) is 0 Å². The van der Waals surface area contributed by atoms with E-state index in [0.717, 1.165) is 28.2 Å². The van der Waals surface area contributed by atoms with Crippen LogP contribution in [0.15, 0.2) is 72.9 Å². The number of hydrogen-bond acceptors (Lipinski definition) is 2. The average Bonchev–Trinajstić information content (AvgIpc) is 3.40. The van der Waals surface area contributed by atoms with Gasteiger partial charge in [-0.05, 0) is 55.3 Å². The van der Waals surface area contributed by atoms with Crippen LogP contribution in [0.1, 0.15) is 22.6 Å². The van der Waals surface area contributed by atoms with Crippen LogP contribution >= 0.6 is 23.2 Å². The summed E-state index contributed by atoms with van der Waals surface area (Å²) in [5, 5.41) is 7.43. The van der Waals surface area contributed by atoms with Crippen LogP contribution in [0.4, 0.5) is 11.4 Å². The molecule has 0 heterocycles. The number of anilines is 2.